The zero-order valence-electron chi connectivity index (χ0n) is 20.5. The molecule has 2 aromatic heterocycles. The third-order valence-electron chi connectivity index (χ3n) is 5.84. The normalized spacial score (nSPS) is 10.7. The molecule has 2 heterocycles. The number of aromatic amines is 1. The highest BCUT2D eigenvalue weighted by atomic mass is 35.5. The molecule has 3 N–H and O–H groups in total. The van der Waals surface area contributed by atoms with Crippen molar-refractivity contribution in [3.63, 3.8) is 0 Å². The van der Waals surface area contributed by atoms with Crippen molar-refractivity contribution in [3.05, 3.63) is 117 Å². The van der Waals surface area contributed by atoms with Gasteiger partial charge in [-0.05, 0) is 60.7 Å². The molecule has 0 atom stereocenters. The van der Waals surface area contributed by atoms with E-state index in [1.54, 1.807) is 42.6 Å². The molecule has 5 rings (SSSR count). The van der Waals surface area contributed by atoms with Crippen molar-refractivity contribution in [2.24, 2.45) is 0 Å². The van der Waals surface area contributed by atoms with Gasteiger partial charge in [0.2, 0.25) is 0 Å². The smallest absolute Gasteiger partial charge is 0.267 e. The second-order valence-corrected chi connectivity index (χ2v) is 9.45. The van der Waals surface area contributed by atoms with Crippen LogP contribution in [0.1, 0.15) is 32.0 Å². The summed E-state index contributed by atoms with van der Waals surface area (Å²) >= 11 is 12.2. The highest BCUT2D eigenvalue weighted by molar-refractivity contribution is 6.32. The third kappa shape index (κ3) is 5.89. The van der Waals surface area contributed by atoms with Crippen LogP contribution in [-0.4, -0.2) is 21.8 Å². The summed E-state index contributed by atoms with van der Waals surface area (Å²) in [5, 5.41) is 15.6. The summed E-state index contributed by atoms with van der Waals surface area (Å²) < 4.78 is 20.9. The van der Waals surface area contributed by atoms with E-state index < -0.39 is 11.7 Å². The number of halogens is 3. The number of carbonyl (C=O) groups is 2. The predicted molar refractivity (Wildman–Crippen MR) is 149 cm³/mol. The number of amides is 2. The fourth-order valence-corrected chi connectivity index (χ4v) is 4.32. The van der Waals surface area contributed by atoms with Gasteiger partial charge < -0.3 is 20.4 Å². The molecule has 0 radical (unpaired) electrons. The number of rotatable bonds is 7. The van der Waals surface area contributed by atoms with Crippen molar-refractivity contribution >= 4 is 51.6 Å². The Kier molecular flexibility index (Phi) is 7.64. The molecule has 2 amide bonds. The molecular formula is C29H18Cl2FN5O3. The van der Waals surface area contributed by atoms with Crippen LogP contribution in [-0.2, 0) is 6.54 Å². The van der Waals surface area contributed by atoms with Crippen molar-refractivity contribution < 1.29 is 18.7 Å². The Balaban J connectivity index is 1.28. The van der Waals surface area contributed by atoms with Crippen molar-refractivity contribution in [3.8, 4) is 17.6 Å². The van der Waals surface area contributed by atoms with E-state index in [1.807, 2.05) is 6.07 Å². The average Bonchev–Trinajstić information content (AvgIpc) is 3.38. The van der Waals surface area contributed by atoms with Gasteiger partial charge >= 0.3 is 0 Å². The molecular weight excluding hydrogens is 556 g/mol. The minimum absolute atomic E-state index is 0.00750. The summed E-state index contributed by atoms with van der Waals surface area (Å²) in [5.74, 6) is -1.67. The topological polar surface area (TPSA) is 120 Å². The number of benzene rings is 3. The lowest BCUT2D eigenvalue weighted by atomic mass is 10.2. The van der Waals surface area contributed by atoms with Crippen LogP contribution >= 0.6 is 23.2 Å². The first-order valence-electron chi connectivity index (χ1n) is 11.8. The standard InChI is InChI=1S/C29H18Cl2FN5O3/c30-20-8-16(13-33)9-22(12-20)40-27-23(31)5-3-17(26(27)32)15-35-29(39)25-11-19-10-21(4-6-24(19)37-25)36-28(38)18-2-1-7-34-14-18/h1-12,14,37H,15H2,(H,35,39)(H,36,38). The number of anilines is 1. The molecule has 0 saturated carbocycles. The molecule has 0 saturated heterocycles. The summed E-state index contributed by atoms with van der Waals surface area (Å²) in [6, 6.07) is 19.2. The molecule has 40 heavy (non-hydrogen) atoms. The number of ether oxygens (including phenoxy) is 1. The quantitative estimate of drug-likeness (QED) is 0.196. The maximum atomic E-state index is 15.3. The van der Waals surface area contributed by atoms with E-state index in [0.717, 1.165) is 0 Å². The summed E-state index contributed by atoms with van der Waals surface area (Å²) in [6.45, 7) is -0.154. The van der Waals surface area contributed by atoms with Gasteiger partial charge in [-0.25, -0.2) is 4.39 Å². The van der Waals surface area contributed by atoms with E-state index in [-0.39, 0.29) is 50.8 Å². The Hall–Kier alpha value is -4.91. The SMILES string of the molecule is N#Cc1cc(Cl)cc(Oc2c(Cl)ccc(CNC(=O)c3cc4cc(NC(=O)c5cccnc5)ccc4[nH]3)c2F)c1. The molecule has 198 valence electrons. The lowest BCUT2D eigenvalue weighted by Gasteiger charge is -2.13. The number of hydrogen-bond donors (Lipinski definition) is 3. The van der Waals surface area contributed by atoms with Crippen LogP contribution in [0.15, 0.2) is 79.1 Å². The molecule has 0 spiro atoms. The van der Waals surface area contributed by atoms with Crippen molar-refractivity contribution in [2.75, 3.05) is 5.32 Å². The Labute approximate surface area is 237 Å². The second-order valence-electron chi connectivity index (χ2n) is 8.60. The van der Waals surface area contributed by atoms with Gasteiger partial charge in [0.05, 0.1) is 22.2 Å². The molecule has 0 aliphatic heterocycles. The number of aromatic nitrogens is 2. The molecule has 0 aliphatic rings. The number of nitrogens with zero attached hydrogens (tertiary/aromatic N) is 2. The fraction of sp³-hybridized carbons (Fsp3) is 0.0345. The van der Waals surface area contributed by atoms with Gasteiger partial charge in [-0.1, -0.05) is 29.3 Å². The predicted octanol–water partition coefficient (Wildman–Crippen LogP) is 6.86. The number of nitrogens with one attached hydrogen (secondary N) is 3. The molecule has 0 fully saturated rings. The number of carbonyl (C=O) groups excluding carboxylic acids is 2. The zero-order chi connectivity index (χ0) is 28.2. The first-order valence-corrected chi connectivity index (χ1v) is 12.5. The van der Waals surface area contributed by atoms with Gasteiger partial charge in [-0.3, -0.25) is 14.6 Å². The zero-order valence-corrected chi connectivity index (χ0v) is 22.0. The Morgan fingerprint density at radius 3 is 2.67 bits per heavy atom. The monoisotopic (exact) mass is 573 g/mol. The van der Waals surface area contributed by atoms with Crippen LogP contribution in [0.4, 0.5) is 10.1 Å². The highest BCUT2D eigenvalue weighted by Gasteiger charge is 2.17. The number of pyridine rings is 1. The highest BCUT2D eigenvalue weighted by Crippen LogP contribution is 2.35. The van der Waals surface area contributed by atoms with E-state index in [1.165, 1.54) is 36.5 Å². The van der Waals surface area contributed by atoms with Gasteiger partial charge in [-0.2, -0.15) is 5.26 Å². The minimum atomic E-state index is -0.767. The first-order chi connectivity index (χ1) is 19.3. The van der Waals surface area contributed by atoms with Gasteiger partial charge in [0.1, 0.15) is 11.4 Å². The average molecular weight is 574 g/mol. The van der Waals surface area contributed by atoms with Crippen LogP contribution in [0.3, 0.4) is 0 Å². The maximum absolute atomic E-state index is 15.3. The second kappa shape index (κ2) is 11.5. The maximum Gasteiger partial charge on any atom is 0.267 e. The lowest BCUT2D eigenvalue weighted by molar-refractivity contribution is 0.0945. The largest absolute Gasteiger partial charge is 0.453 e. The number of fused-ring (bicyclic) bond motifs is 1. The third-order valence-corrected chi connectivity index (χ3v) is 6.35. The van der Waals surface area contributed by atoms with Gasteiger partial charge in [0.15, 0.2) is 11.6 Å². The van der Waals surface area contributed by atoms with Gasteiger partial charge in [-0.15, -0.1) is 0 Å². The van der Waals surface area contributed by atoms with E-state index in [9.17, 15) is 9.59 Å². The molecule has 0 aliphatic carbocycles. The van der Waals surface area contributed by atoms with E-state index in [4.69, 9.17) is 33.2 Å². The minimum Gasteiger partial charge on any atom is -0.453 e. The molecule has 0 bridgehead atoms. The van der Waals surface area contributed by atoms with Crippen LogP contribution in [0.5, 0.6) is 11.5 Å². The Bertz CT molecular complexity index is 1800. The van der Waals surface area contributed by atoms with E-state index >= 15 is 4.39 Å². The number of H-pyrrole nitrogens is 1. The summed E-state index contributed by atoms with van der Waals surface area (Å²) in [4.78, 5) is 32.2. The van der Waals surface area contributed by atoms with E-state index in [0.29, 0.717) is 22.2 Å². The number of hydrogen-bond acceptors (Lipinski definition) is 5. The van der Waals surface area contributed by atoms with E-state index in [2.05, 4.69) is 20.6 Å². The van der Waals surface area contributed by atoms with Crippen LogP contribution in [0.2, 0.25) is 10.0 Å². The van der Waals surface area contributed by atoms with Crippen LogP contribution < -0.4 is 15.4 Å². The number of nitriles is 1. The summed E-state index contributed by atoms with van der Waals surface area (Å²) in [7, 11) is 0. The molecule has 0 unspecified atom stereocenters. The fourth-order valence-electron chi connectivity index (χ4n) is 3.91. The lowest BCUT2D eigenvalue weighted by Crippen LogP contribution is -2.23. The van der Waals surface area contributed by atoms with Crippen LogP contribution in [0.25, 0.3) is 10.9 Å². The Morgan fingerprint density at radius 2 is 1.90 bits per heavy atom. The summed E-state index contributed by atoms with van der Waals surface area (Å²) in [5.41, 5.74) is 2.26. The summed E-state index contributed by atoms with van der Waals surface area (Å²) in [6.07, 6.45) is 3.05. The molecule has 8 nitrogen and oxygen atoms in total. The molecule has 11 heteroatoms. The first kappa shape index (κ1) is 26.7. The van der Waals surface area contributed by atoms with Crippen molar-refractivity contribution in [1.29, 1.82) is 5.26 Å². The van der Waals surface area contributed by atoms with Crippen molar-refractivity contribution in [2.45, 2.75) is 6.54 Å². The molecule has 5 aromatic rings. The van der Waals surface area contributed by atoms with Crippen LogP contribution in [0, 0.1) is 17.1 Å². The molecule has 3 aromatic carbocycles. The Morgan fingerprint density at radius 1 is 1.05 bits per heavy atom. The van der Waals surface area contributed by atoms with Gasteiger partial charge in [0.25, 0.3) is 11.8 Å². The van der Waals surface area contributed by atoms with Crippen molar-refractivity contribution in [1.82, 2.24) is 15.3 Å². The van der Waals surface area contributed by atoms with Gasteiger partial charge in [0, 0.05) is 46.1 Å².